The van der Waals surface area contributed by atoms with Gasteiger partial charge in [0, 0.05) is 15.7 Å². The third kappa shape index (κ3) is 5.74. The highest BCUT2D eigenvalue weighted by Gasteiger charge is 2.12. The van der Waals surface area contributed by atoms with Crippen molar-refractivity contribution >= 4 is 51.4 Å². The maximum absolute atomic E-state index is 12.1. The van der Waals surface area contributed by atoms with E-state index in [-0.39, 0.29) is 17.6 Å². The lowest BCUT2D eigenvalue weighted by Crippen LogP contribution is -2.16. The lowest BCUT2D eigenvalue weighted by molar-refractivity contribution is -0.113. The number of nitrogens with one attached hydrogen (secondary N) is 2. The molecule has 0 atom stereocenters. The van der Waals surface area contributed by atoms with Gasteiger partial charge in [0.1, 0.15) is 5.75 Å². The van der Waals surface area contributed by atoms with E-state index in [2.05, 4.69) is 42.0 Å². The summed E-state index contributed by atoms with van der Waals surface area (Å²) in [5.41, 5.74) is 5.36. The second kappa shape index (κ2) is 10.1. The molecule has 1 heterocycles. The summed E-state index contributed by atoms with van der Waals surface area (Å²) in [6.07, 6.45) is 1.58. The van der Waals surface area contributed by atoms with Crippen molar-refractivity contribution in [3.05, 3.63) is 58.1 Å². The number of hydrogen-bond acceptors (Lipinski definition) is 8. The first-order chi connectivity index (χ1) is 14.5. The number of nitrogen functional groups attached to an aromatic ring is 1. The van der Waals surface area contributed by atoms with Gasteiger partial charge in [0.25, 0.3) is 5.95 Å². The van der Waals surface area contributed by atoms with Gasteiger partial charge >= 0.3 is 0 Å². The number of ether oxygens (including phenoxy) is 1. The van der Waals surface area contributed by atoms with Gasteiger partial charge in [-0.2, -0.15) is 5.10 Å². The Kier molecular flexibility index (Phi) is 7.31. The van der Waals surface area contributed by atoms with Crippen LogP contribution in [0.3, 0.4) is 0 Å². The summed E-state index contributed by atoms with van der Waals surface area (Å²) in [6, 6.07) is 13.1. The van der Waals surface area contributed by atoms with Crippen molar-refractivity contribution in [2.75, 3.05) is 29.4 Å². The molecule has 3 aromatic rings. The highest BCUT2D eigenvalue weighted by atomic mass is 79.9. The second-order valence-corrected chi connectivity index (χ2v) is 7.99. The minimum Gasteiger partial charge on any atom is -0.496 e. The molecule has 0 saturated carbocycles. The van der Waals surface area contributed by atoms with Gasteiger partial charge in [-0.3, -0.25) is 4.79 Å². The van der Waals surface area contributed by atoms with E-state index in [1.54, 1.807) is 13.3 Å². The van der Waals surface area contributed by atoms with Crippen molar-refractivity contribution in [1.82, 2.24) is 14.9 Å². The minimum atomic E-state index is -0.166. The minimum absolute atomic E-state index is 0.141. The topological polar surface area (TPSA) is 119 Å². The third-order valence-corrected chi connectivity index (χ3v) is 5.33. The van der Waals surface area contributed by atoms with Crippen molar-refractivity contribution in [2.24, 2.45) is 5.10 Å². The number of amides is 1. The number of nitrogens with zero attached hydrogens (tertiary/aromatic N) is 4. The molecule has 4 N–H and O–H groups in total. The Labute approximate surface area is 186 Å². The number of methoxy groups -OCH3 is 1. The van der Waals surface area contributed by atoms with Crippen LogP contribution in [0, 0.1) is 6.92 Å². The fourth-order valence-corrected chi connectivity index (χ4v) is 3.42. The molecule has 11 heteroatoms. The summed E-state index contributed by atoms with van der Waals surface area (Å²) in [5.74, 6) is 6.88. The molecule has 1 amide bonds. The molecular weight excluding hydrogens is 470 g/mol. The zero-order valence-electron chi connectivity index (χ0n) is 16.3. The van der Waals surface area contributed by atoms with Gasteiger partial charge in [0.15, 0.2) is 0 Å². The number of hydrogen-bond donors (Lipinski definition) is 3. The van der Waals surface area contributed by atoms with Crippen LogP contribution in [-0.2, 0) is 4.79 Å². The predicted molar refractivity (Wildman–Crippen MR) is 123 cm³/mol. The molecule has 9 nitrogen and oxygen atoms in total. The van der Waals surface area contributed by atoms with Crippen molar-refractivity contribution in [1.29, 1.82) is 0 Å². The molecule has 0 aliphatic carbocycles. The van der Waals surface area contributed by atoms with Gasteiger partial charge in [-0.25, -0.2) is 10.1 Å². The van der Waals surface area contributed by atoms with Crippen LogP contribution in [0.1, 0.15) is 11.1 Å². The monoisotopic (exact) mass is 489 g/mol. The van der Waals surface area contributed by atoms with Crippen LogP contribution in [0.2, 0.25) is 0 Å². The molecule has 0 radical (unpaired) electrons. The SMILES string of the molecule is COc1ccc(Br)cc1/C=N/Nc1nnc(SCC(=O)Nc2ccc(C)cc2)n1N. The molecule has 0 aliphatic rings. The van der Waals surface area contributed by atoms with Crippen LogP contribution < -0.4 is 21.3 Å². The van der Waals surface area contributed by atoms with E-state index in [9.17, 15) is 4.79 Å². The number of anilines is 2. The summed E-state index contributed by atoms with van der Waals surface area (Å²) in [4.78, 5) is 12.1. The van der Waals surface area contributed by atoms with Crippen LogP contribution in [0.4, 0.5) is 11.6 Å². The van der Waals surface area contributed by atoms with Crippen LogP contribution in [0.5, 0.6) is 5.75 Å². The smallest absolute Gasteiger partial charge is 0.264 e. The molecule has 1 aromatic heterocycles. The third-order valence-electron chi connectivity index (χ3n) is 3.89. The fraction of sp³-hybridized carbons (Fsp3) is 0.158. The number of carbonyl (C=O) groups is 1. The average Bonchev–Trinajstić information content (AvgIpc) is 3.08. The first-order valence-corrected chi connectivity index (χ1v) is 10.6. The Morgan fingerprint density at radius 1 is 1.30 bits per heavy atom. The Morgan fingerprint density at radius 2 is 2.07 bits per heavy atom. The standard InChI is InChI=1S/C19H20BrN7O2S/c1-12-3-6-15(7-4-12)23-17(28)11-30-19-26-25-18(27(19)21)24-22-10-13-9-14(20)5-8-16(13)29-2/h3-10H,11,21H2,1-2H3,(H,23,28)(H,24,25)/b22-10+. The molecule has 0 fully saturated rings. The largest absolute Gasteiger partial charge is 0.496 e. The Morgan fingerprint density at radius 3 is 2.80 bits per heavy atom. The fourth-order valence-electron chi connectivity index (χ4n) is 2.38. The van der Waals surface area contributed by atoms with E-state index in [0.717, 1.165) is 21.3 Å². The molecule has 0 aliphatic heterocycles. The summed E-state index contributed by atoms with van der Waals surface area (Å²) in [7, 11) is 1.59. The number of carbonyl (C=O) groups excluding carboxylic acids is 1. The highest BCUT2D eigenvalue weighted by Crippen LogP contribution is 2.21. The molecule has 0 bridgehead atoms. The van der Waals surface area contributed by atoms with Gasteiger partial charge in [-0.15, -0.1) is 10.2 Å². The van der Waals surface area contributed by atoms with E-state index in [1.165, 1.54) is 16.4 Å². The average molecular weight is 490 g/mol. The van der Waals surface area contributed by atoms with E-state index in [1.807, 2.05) is 49.4 Å². The summed E-state index contributed by atoms with van der Waals surface area (Å²) in [6.45, 7) is 1.99. The van der Waals surface area contributed by atoms with Gasteiger partial charge in [-0.05, 0) is 37.3 Å². The van der Waals surface area contributed by atoms with E-state index in [0.29, 0.717) is 10.9 Å². The Bertz CT molecular complexity index is 1050. The summed E-state index contributed by atoms with van der Waals surface area (Å²) in [5, 5.41) is 15.3. The van der Waals surface area contributed by atoms with Gasteiger partial charge in [0.2, 0.25) is 11.1 Å². The lowest BCUT2D eigenvalue weighted by atomic mass is 10.2. The summed E-state index contributed by atoms with van der Waals surface area (Å²) < 4.78 is 7.43. The number of hydrazone groups is 1. The van der Waals surface area contributed by atoms with Gasteiger partial charge in [-0.1, -0.05) is 45.4 Å². The second-order valence-electron chi connectivity index (χ2n) is 6.14. The normalized spacial score (nSPS) is 10.9. The number of aryl methyl sites for hydroxylation is 1. The molecule has 0 saturated heterocycles. The Hall–Kier alpha value is -3.05. The van der Waals surface area contributed by atoms with E-state index >= 15 is 0 Å². The quantitative estimate of drug-likeness (QED) is 0.192. The number of benzene rings is 2. The number of aromatic nitrogens is 3. The number of halogens is 1. The van der Waals surface area contributed by atoms with Crippen molar-refractivity contribution in [2.45, 2.75) is 12.1 Å². The first-order valence-electron chi connectivity index (χ1n) is 8.78. The van der Waals surface area contributed by atoms with Crippen molar-refractivity contribution in [3.63, 3.8) is 0 Å². The van der Waals surface area contributed by atoms with Crippen molar-refractivity contribution < 1.29 is 9.53 Å². The van der Waals surface area contributed by atoms with E-state index < -0.39 is 0 Å². The zero-order valence-corrected chi connectivity index (χ0v) is 18.7. The molecule has 2 aromatic carbocycles. The van der Waals surface area contributed by atoms with Gasteiger partial charge < -0.3 is 15.9 Å². The Balaban J connectivity index is 1.56. The zero-order chi connectivity index (χ0) is 21.5. The highest BCUT2D eigenvalue weighted by molar-refractivity contribution is 9.10. The van der Waals surface area contributed by atoms with Gasteiger partial charge in [0.05, 0.1) is 19.1 Å². The van der Waals surface area contributed by atoms with E-state index in [4.69, 9.17) is 10.6 Å². The maximum Gasteiger partial charge on any atom is 0.264 e. The molecule has 0 unspecified atom stereocenters. The molecule has 156 valence electrons. The molecule has 30 heavy (non-hydrogen) atoms. The van der Waals surface area contributed by atoms with Crippen LogP contribution in [0.15, 0.2) is 57.2 Å². The maximum atomic E-state index is 12.1. The van der Waals surface area contributed by atoms with Crippen LogP contribution in [-0.4, -0.2) is 39.9 Å². The molecular formula is C19H20BrN7O2S. The lowest BCUT2D eigenvalue weighted by Gasteiger charge is -2.06. The van der Waals surface area contributed by atoms with Crippen LogP contribution >= 0.6 is 27.7 Å². The number of rotatable bonds is 8. The molecule has 0 spiro atoms. The van der Waals surface area contributed by atoms with Crippen molar-refractivity contribution in [3.8, 4) is 5.75 Å². The first kappa shape index (κ1) is 21.7. The summed E-state index contributed by atoms with van der Waals surface area (Å²) >= 11 is 4.58. The number of thioether (sulfide) groups is 1. The van der Waals surface area contributed by atoms with Crippen LogP contribution in [0.25, 0.3) is 0 Å². The predicted octanol–water partition coefficient (Wildman–Crippen LogP) is 3.25. The molecule has 3 rings (SSSR count). The number of nitrogens with two attached hydrogens (primary N) is 1.